The highest BCUT2D eigenvalue weighted by molar-refractivity contribution is 5.21. The van der Waals surface area contributed by atoms with E-state index in [-0.39, 0.29) is 11.9 Å². The number of nitrogens with zero attached hydrogens (tertiary/aromatic N) is 1. The highest BCUT2D eigenvalue weighted by Crippen LogP contribution is 2.21. The summed E-state index contributed by atoms with van der Waals surface area (Å²) >= 11 is 0. The number of hydrogen-bond donors (Lipinski definition) is 1. The monoisotopic (exact) mass is 278 g/mol. The Hall–Kier alpha value is -0.930. The fourth-order valence-corrected chi connectivity index (χ4v) is 3.04. The van der Waals surface area contributed by atoms with Crippen molar-refractivity contribution in [2.45, 2.75) is 45.1 Å². The highest BCUT2D eigenvalue weighted by atomic mass is 19.1. The molecule has 1 N–H and O–H groups in total. The fourth-order valence-electron chi connectivity index (χ4n) is 3.04. The number of benzene rings is 1. The molecule has 1 aliphatic rings. The molecule has 2 rings (SSSR count). The summed E-state index contributed by atoms with van der Waals surface area (Å²) in [4.78, 5) is 2.54. The van der Waals surface area contributed by atoms with E-state index in [1.165, 1.54) is 38.8 Å². The molecular formula is C17H27FN2. The molecule has 0 radical (unpaired) electrons. The number of nitrogens with one attached hydrogen (secondary N) is 1. The van der Waals surface area contributed by atoms with Crippen molar-refractivity contribution in [3.05, 3.63) is 35.6 Å². The van der Waals surface area contributed by atoms with E-state index >= 15 is 0 Å². The van der Waals surface area contributed by atoms with Crippen molar-refractivity contribution >= 4 is 0 Å². The minimum atomic E-state index is -0.0886. The Morgan fingerprint density at radius 1 is 1.15 bits per heavy atom. The number of halogens is 1. The maximum atomic E-state index is 13.9. The molecule has 3 heteroatoms. The lowest BCUT2D eigenvalue weighted by molar-refractivity contribution is 0.265. The maximum absolute atomic E-state index is 13.9. The van der Waals surface area contributed by atoms with Gasteiger partial charge >= 0.3 is 0 Å². The lowest BCUT2D eigenvalue weighted by Gasteiger charge is -2.24. The molecule has 1 aromatic rings. The van der Waals surface area contributed by atoms with Crippen LogP contribution in [0.1, 0.15) is 50.6 Å². The van der Waals surface area contributed by atoms with Gasteiger partial charge in [-0.05, 0) is 51.5 Å². The van der Waals surface area contributed by atoms with Crippen molar-refractivity contribution < 1.29 is 4.39 Å². The molecule has 1 heterocycles. The van der Waals surface area contributed by atoms with E-state index in [1.807, 2.05) is 12.1 Å². The van der Waals surface area contributed by atoms with Crippen LogP contribution in [0.15, 0.2) is 24.3 Å². The molecule has 1 fully saturated rings. The van der Waals surface area contributed by atoms with E-state index in [0.717, 1.165) is 25.1 Å². The van der Waals surface area contributed by atoms with Crippen LogP contribution in [0.2, 0.25) is 0 Å². The molecule has 1 atom stereocenters. The number of likely N-dealkylation sites (tertiary alicyclic amines) is 1. The molecule has 20 heavy (non-hydrogen) atoms. The van der Waals surface area contributed by atoms with E-state index in [2.05, 4.69) is 17.1 Å². The quantitative estimate of drug-likeness (QED) is 0.852. The molecule has 0 aromatic heterocycles. The van der Waals surface area contributed by atoms with Crippen LogP contribution in [0.5, 0.6) is 0 Å². The van der Waals surface area contributed by atoms with E-state index < -0.39 is 0 Å². The van der Waals surface area contributed by atoms with Crippen LogP contribution in [0.25, 0.3) is 0 Å². The molecule has 0 spiro atoms. The van der Waals surface area contributed by atoms with Crippen LogP contribution < -0.4 is 5.32 Å². The zero-order valence-corrected chi connectivity index (χ0v) is 12.6. The summed E-state index contributed by atoms with van der Waals surface area (Å²) in [6.45, 7) is 6.43. The van der Waals surface area contributed by atoms with Gasteiger partial charge in [0.25, 0.3) is 0 Å². The Bertz CT molecular complexity index is 386. The first-order valence-corrected chi connectivity index (χ1v) is 8.01. The van der Waals surface area contributed by atoms with E-state index in [1.54, 1.807) is 12.1 Å². The SMILES string of the molecule is CCNC(CCN1CCCCCC1)c1ccccc1F. The smallest absolute Gasteiger partial charge is 0.127 e. The zero-order chi connectivity index (χ0) is 14.2. The standard InChI is InChI=1S/C17H27FN2/c1-2-19-17(15-9-5-6-10-16(15)18)11-14-20-12-7-3-4-8-13-20/h5-6,9-10,17,19H,2-4,7-8,11-14H2,1H3. The summed E-state index contributed by atoms with van der Waals surface area (Å²) < 4.78 is 13.9. The molecule has 0 saturated carbocycles. The van der Waals surface area contributed by atoms with E-state index in [0.29, 0.717) is 0 Å². The Kier molecular flexibility index (Phi) is 6.48. The second-order valence-corrected chi connectivity index (χ2v) is 5.68. The minimum absolute atomic E-state index is 0.0886. The second-order valence-electron chi connectivity index (χ2n) is 5.68. The van der Waals surface area contributed by atoms with Gasteiger partial charge in [-0.3, -0.25) is 0 Å². The third-order valence-corrected chi connectivity index (χ3v) is 4.16. The molecule has 2 nitrogen and oxygen atoms in total. The number of rotatable bonds is 6. The molecule has 1 saturated heterocycles. The summed E-state index contributed by atoms with van der Waals surface area (Å²) in [6.07, 6.45) is 6.33. The minimum Gasteiger partial charge on any atom is -0.310 e. The topological polar surface area (TPSA) is 15.3 Å². The van der Waals surface area contributed by atoms with Crippen molar-refractivity contribution in [2.75, 3.05) is 26.2 Å². The van der Waals surface area contributed by atoms with Crippen molar-refractivity contribution in [1.29, 1.82) is 0 Å². The number of hydrogen-bond acceptors (Lipinski definition) is 2. The van der Waals surface area contributed by atoms with Gasteiger partial charge in [-0.25, -0.2) is 4.39 Å². The van der Waals surface area contributed by atoms with Crippen LogP contribution in [0, 0.1) is 5.82 Å². The largest absolute Gasteiger partial charge is 0.310 e. The van der Waals surface area contributed by atoms with Gasteiger partial charge in [0.1, 0.15) is 5.82 Å². The predicted molar refractivity (Wildman–Crippen MR) is 82.3 cm³/mol. The van der Waals surface area contributed by atoms with Crippen molar-refractivity contribution in [3.63, 3.8) is 0 Å². The summed E-state index contributed by atoms with van der Waals surface area (Å²) in [5.74, 6) is -0.0886. The third kappa shape index (κ3) is 4.57. The van der Waals surface area contributed by atoms with Gasteiger partial charge in [0, 0.05) is 11.6 Å². The molecule has 0 aliphatic carbocycles. The predicted octanol–water partition coefficient (Wildman–Crippen LogP) is 3.74. The lowest BCUT2D eigenvalue weighted by Crippen LogP contribution is -2.30. The van der Waals surface area contributed by atoms with Gasteiger partial charge in [-0.2, -0.15) is 0 Å². The molecule has 1 aliphatic heterocycles. The van der Waals surface area contributed by atoms with Crippen LogP contribution >= 0.6 is 0 Å². The molecule has 0 amide bonds. The van der Waals surface area contributed by atoms with Gasteiger partial charge in [0.15, 0.2) is 0 Å². The first kappa shape index (κ1) is 15.5. The van der Waals surface area contributed by atoms with E-state index in [9.17, 15) is 4.39 Å². The van der Waals surface area contributed by atoms with Crippen molar-refractivity contribution in [3.8, 4) is 0 Å². The Labute approximate surface area is 122 Å². The molecule has 112 valence electrons. The molecule has 1 aromatic carbocycles. The Morgan fingerprint density at radius 3 is 2.50 bits per heavy atom. The van der Waals surface area contributed by atoms with Crippen LogP contribution in [0.3, 0.4) is 0 Å². The van der Waals surface area contributed by atoms with Crippen LogP contribution in [-0.2, 0) is 0 Å². The Balaban J connectivity index is 1.93. The molecule has 1 unspecified atom stereocenters. The first-order valence-electron chi connectivity index (χ1n) is 8.01. The second kappa shape index (κ2) is 8.38. The van der Waals surface area contributed by atoms with Crippen molar-refractivity contribution in [2.24, 2.45) is 0 Å². The summed E-state index contributed by atoms with van der Waals surface area (Å²) in [7, 11) is 0. The van der Waals surface area contributed by atoms with Gasteiger partial charge < -0.3 is 10.2 Å². The van der Waals surface area contributed by atoms with Gasteiger partial charge in [-0.1, -0.05) is 38.0 Å². The lowest BCUT2D eigenvalue weighted by atomic mass is 10.0. The Morgan fingerprint density at radius 2 is 1.85 bits per heavy atom. The normalized spacial score (nSPS) is 18.7. The van der Waals surface area contributed by atoms with Gasteiger partial charge in [-0.15, -0.1) is 0 Å². The zero-order valence-electron chi connectivity index (χ0n) is 12.6. The summed E-state index contributed by atoms with van der Waals surface area (Å²) in [5, 5.41) is 3.43. The van der Waals surface area contributed by atoms with Gasteiger partial charge in [0.2, 0.25) is 0 Å². The average molecular weight is 278 g/mol. The molecular weight excluding hydrogens is 251 g/mol. The van der Waals surface area contributed by atoms with Crippen LogP contribution in [0.4, 0.5) is 4.39 Å². The maximum Gasteiger partial charge on any atom is 0.127 e. The first-order chi connectivity index (χ1) is 9.81. The summed E-state index contributed by atoms with van der Waals surface area (Å²) in [6, 6.07) is 7.28. The summed E-state index contributed by atoms with van der Waals surface area (Å²) in [5.41, 5.74) is 0.809. The van der Waals surface area contributed by atoms with Crippen LogP contribution in [-0.4, -0.2) is 31.1 Å². The van der Waals surface area contributed by atoms with Gasteiger partial charge in [0.05, 0.1) is 0 Å². The van der Waals surface area contributed by atoms with Crippen molar-refractivity contribution in [1.82, 2.24) is 10.2 Å². The highest BCUT2D eigenvalue weighted by Gasteiger charge is 2.16. The van der Waals surface area contributed by atoms with E-state index in [4.69, 9.17) is 0 Å². The third-order valence-electron chi connectivity index (χ3n) is 4.16. The fraction of sp³-hybridized carbons (Fsp3) is 0.647. The molecule has 0 bridgehead atoms. The average Bonchev–Trinajstić information content (AvgIpc) is 2.73.